The largest absolute Gasteiger partial charge is 0.481 e. The summed E-state index contributed by atoms with van der Waals surface area (Å²) < 4.78 is 54.6. The number of hydrogen-bond donors (Lipinski definition) is 0. The van der Waals surface area contributed by atoms with Crippen molar-refractivity contribution in [2.24, 2.45) is 0 Å². The molecule has 0 fully saturated rings. The van der Waals surface area contributed by atoms with E-state index in [1.807, 2.05) is 0 Å². The maximum Gasteiger partial charge on any atom is 0.325 e. The highest BCUT2D eigenvalue weighted by Crippen LogP contribution is 2.36. The first-order chi connectivity index (χ1) is 11.6. The summed E-state index contributed by atoms with van der Waals surface area (Å²) >= 11 is 0. The minimum Gasteiger partial charge on any atom is -0.481 e. The number of aromatic nitrogens is 3. The third-order valence-corrected chi connectivity index (χ3v) is 2.99. The Balaban J connectivity index is 2.00. The van der Waals surface area contributed by atoms with Crippen molar-refractivity contribution in [2.45, 2.75) is 6.43 Å². The number of alkyl halides is 2. The summed E-state index contributed by atoms with van der Waals surface area (Å²) in [6, 6.07) is 6.30. The molecule has 0 atom stereocenters. The second-order valence-electron chi connectivity index (χ2n) is 4.51. The van der Waals surface area contributed by atoms with Crippen molar-refractivity contribution >= 4 is 0 Å². The second kappa shape index (κ2) is 6.57. The highest BCUT2D eigenvalue weighted by molar-refractivity contribution is 5.67. The monoisotopic (exact) mass is 337 g/mol. The van der Waals surface area contributed by atoms with Gasteiger partial charge >= 0.3 is 6.01 Å². The maximum absolute atomic E-state index is 14.2. The van der Waals surface area contributed by atoms with Crippen LogP contribution in [0.1, 0.15) is 12.1 Å². The van der Waals surface area contributed by atoms with E-state index in [1.165, 1.54) is 31.5 Å². The molecule has 0 N–H and O–H groups in total. The lowest BCUT2D eigenvalue weighted by atomic mass is 10.1. The van der Waals surface area contributed by atoms with Crippen LogP contribution in [0, 0.1) is 5.82 Å². The number of methoxy groups -OCH3 is 1. The van der Waals surface area contributed by atoms with Crippen molar-refractivity contribution in [3.05, 3.63) is 48.0 Å². The molecule has 6 nitrogen and oxygen atoms in total. The van der Waals surface area contributed by atoms with Crippen molar-refractivity contribution in [1.29, 1.82) is 0 Å². The molecule has 0 aliphatic carbocycles. The van der Waals surface area contributed by atoms with Gasteiger partial charge in [0.1, 0.15) is 17.3 Å². The summed E-state index contributed by atoms with van der Waals surface area (Å²) in [5.74, 6) is -0.688. The quantitative estimate of drug-likeness (QED) is 0.700. The smallest absolute Gasteiger partial charge is 0.325 e. The molecule has 0 saturated carbocycles. The zero-order valence-corrected chi connectivity index (χ0v) is 12.2. The van der Waals surface area contributed by atoms with Crippen molar-refractivity contribution < 1.29 is 27.2 Å². The molecule has 2 heterocycles. The van der Waals surface area contributed by atoms with E-state index in [9.17, 15) is 13.2 Å². The molecule has 2 aromatic heterocycles. The number of benzene rings is 1. The first-order valence-corrected chi connectivity index (χ1v) is 6.67. The Bertz CT molecular complexity index is 855. The standard InChI is InChI=1S/C15H10F3N3O3/c1-22-12-5-6-19-15(20-12)23-10-4-2-3-8(16)13(10)11-7-9(14(17)18)21-24-11/h2-7,14H,1H3. The number of halogens is 3. The first kappa shape index (κ1) is 15.8. The van der Waals surface area contributed by atoms with Crippen molar-refractivity contribution in [3.63, 3.8) is 0 Å². The Kier molecular flexibility index (Phi) is 4.32. The van der Waals surface area contributed by atoms with E-state index in [1.54, 1.807) is 0 Å². The van der Waals surface area contributed by atoms with Crippen molar-refractivity contribution in [1.82, 2.24) is 15.1 Å². The van der Waals surface area contributed by atoms with Crippen LogP contribution in [0.2, 0.25) is 0 Å². The van der Waals surface area contributed by atoms with E-state index in [2.05, 4.69) is 15.1 Å². The molecule has 0 saturated heterocycles. The Morgan fingerprint density at radius 3 is 2.75 bits per heavy atom. The zero-order valence-electron chi connectivity index (χ0n) is 12.2. The van der Waals surface area contributed by atoms with E-state index in [0.717, 1.165) is 12.1 Å². The fraction of sp³-hybridized carbons (Fsp3) is 0.133. The topological polar surface area (TPSA) is 70.3 Å². The Labute approximate surface area is 133 Å². The fourth-order valence-electron chi connectivity index (χ4n) is 1.92. The molecule has 124 valence electrons. The minimum atomic E-state index is -2.83. The predicted molar refractivity (Wildman–Crippen MR) is 75.5 cm³/mol. The summed E-state index contributed by atoms with van der Waals surface area (Å²) in [6.07, 6.45) is -1.44. The summed E-state index contributed by atoms with van der Waals surface area (Å²) in [5.41, 5.74) is -0.764. The lowest BCUT2D eigenvalue weighted by Gasteiger charge is -2.09. The molecule has 0 radical (unpaired) electrons. The zero-order chi connectivity index (χ0) is 17.1. The number of ether oxygens (including phenoxy) is 2. The van der Waals surface area contributed by atoms with Gasteiger partial charge < -0.3 is 14.0 Å². The van der Waals surface area contributed by atoms with Crippen LogP contribution in [0.3, 0.4) is 0 Å². The van der Waals surface area contributed by atoms with Crippen LogP contribution >= 0.6 is 0 Å². The van der Waals surface area contributed by atoms with Gasteiger partial charge in [0.2, 0.25) is 5.88 Å². The van der Waals surface area contributed by atoms with Gasteiger partial charge in [0.15, 0.2) is 5.76 Å². The van der Waals surface area contributed by atoms with Crippen LogP contribution in [0.25, 0.3) is 11.3 Å². The fourth-order valence-corrected chi connectivity index (χ4v) is 1.92. The number of nitrogens with zero attached hydrogens (tertiary/aromatic N) is 3. The van der Waals surface area contributed by atoms with Crippen LogP contribution < -0.4 is 9.47 Å². The van der Waals surface area contributed by atoms with Crippen LogP contribution in [0.5, 0.6) is 17.6 Å². The molecule has 0 unspecified atom stereocenters. The molecular weight excluding hydrogens is 327 g/mol. The summed E-state index contributed by atoms with van der Waals surface area (Å²) in [4.78, 5) is 7.82. The molecule has 9 heteroatoms. The summed E-state index contributed by atoms with van der Waals surface area (Å²) in [7, 11) is 1.42. The van der Waals surface area contributed by atoms with Gasteiger partial charge in [0, 0.05) is 18.3 Å². The predicted octanol–water partition coefficient (Wildman–Crippen LogP) is 4.01. The third kappa shape index (κ3) is 3.14. The molecule has 1 aromatic carbocycles. The van der Waals surface area contributed by atoms with Gasteiger partial charge in [-0.05, 0) is 12.1 Å². The Hall–Kier alpha value is -3.10. The van der Waals surface area contributed by atoms with E-state index < -0.39 is 17.9 Å². The van der Waals surface area contributed by atoms with Gasteiger partial charge in [-0.1, -0.05) is 11.2 Å². The van der Waals surface area contributed by atoms with Gasteiger partial charge in [0.25, 0.3) is 6.43 Å². The Morgan fingerprint density at radius 2 is 2.04 bits per heavy atom. The highest BCUT2D eigenvalue weighted by Gasteiger charge is 2.21. The van der Waals surface area contributed by atoms with Gasteiger partial charge in [-0.15, -0.1) is 0 Å². The second-order valence-corrected chi connectivity index (χ2v) is 4.51. The SMILES string of the molecule is COc1ccnc(Oc2cccc(F)c2-c2cc(C(F)F)no2)n1. The average Bonchev–Trinajstić information content (AvgIpc) is 3.05. The van der Waals surface area contributed by atoms with E-state index >= 15 is 0 Å². The van der Waals surface area contributed by atoms with E-state index in [4.69, 9.17) is 14.0 Å². The van der Waals surface area contributed by atoms with E-state index in [-0.39, 0.29) is 29.0 Å². The molecule has 3 aromatic rings. The van der Waals surface area contributed by atoms with Crippen LogP contribution in [-0.4, -0.2) is 22.2 Å². The van der Waals surface area contributed by atoms with E-state index in [0.29, 0.717) is 0 Å². The van der Waals surface area contributed by atoms with Gasteiger partial charge in [0.05, 0.1) is 12.7 Å². The molecule has 0 aliphatic rings. The maximum atomic E-state index is 14.2. The molecular formula is C15H10F3N3O3. The first-order valence-electron chi connectivity index (χ1n) is 6.67. The molecule has 3 rings (SSSR count). The molecule has 0 spiro atoms. The third-order valence-electron chi connectivity index (χ3n) is 2.99. The number of hydrogen-bond acceptors (Lipinski definition) is 6. The Morgan fingerprint density at radius 1 is 1.21 bits per heavy atom. The lowest BCUT2D eigenvalue weighted by molar-refractivity contribution is 0.140. The molecule has 0 amide bonds. The average molecular weight is 337 g/mol. The number of rotatable bonds is 5. The van der Waals surface area contributed by atoms with Crippen LogP contribution in [0.15, 0.2) is 41.1 Å². The van der Waals surface area contributed by atoms with Crippen molar-refractivity contribution in [2.75, 3.05) is 7.11 Å². The van der Waals surface area contributed by atoms with Crippen LogP contribution in [-0.2, 0) is 0 Å². The minimum absolute atomic E-state index is 0.0137. The van der Waals surface area contributed by atoms with Gasteiger partial charge in [-0.2, -0.15) is 4.98 Å². The van der Waals surface area contributed by atoms with Crippen LogP contribution in [0.4, 0.5) is 13.2 Å². The van der Waals surface area contributed by atoms with Gasteiger partial charge in [-0.25, -0.2) is 18.2 Å². The summed E-state index contributed by atoms with van der Waals surface area (Å²) in [6.45, 7) is 0. The molecule has 24 heavy (non-hydrogen) atoms. The normalized spacial score (nSPS) is 10.9. The molecule has 0 bridgehead atoms. The molecule has 0 aliphatic heterocycles. The summed E-state index contributed by atoms with van der Waals surface area (Å²) in [5, 5.41) is 3.21. The van der Waals surface area contributed by atoms with Gasteiger partial charge in [-0.3, -0.25) is 0 Å². The van der Waals surface area contributed by atoms with Crippen molar-refractivity contribution in [3.8, 4) is 29.0 Å². The highest BCUT2D eigenvalue weighted by atomic mass is 19.3. The lowest BCUT2D eigenvalue weighted by Crippen LogP contribution is -1.96.